The summed E-state index contributed by atoms with van der Waals surface area (Å²) < 4.78 is 1.92. The van der Waals surface area contributed by atoms with Crippen LogP contribution in [0.2, 0.25) is 0 Å². The van der Waals surface area contributed by atoms with E-state index >= 15 is 0 Å². The van der Waals surface area contributed by atoms with Gasteiger partial charge in [-0.25, -0.2) is 9.97 Å². The van der Waals surface area contributed by atoms with E-state index in [-0.39, 0.29) is 12.1 Å². The van der Waals surface area contributed by atoms with Gasteiger partial charge in [-0.1, -0.05) is 30.3 Å². The fraction of sp³-hybridized carbons (Fsp3) is 0.125. The maximum atomic E-state index is 12.7. The molecule has 0 unspecified atom stereocenters. The van der Waals surface area contributed by atoms with Crippen LogP contribution in [0.25, 0.3) is 28.1 Å². The second-order valence-electron chi connectivity index (χ2n) is 7.62. The number of rotatable bonds is 6. The molecule has 0 saturated heterocycles. The average Bonchev–Trinajstić information content (AvgIpc) is 3.48. The van der Waals surface area contributed by atoms with Gasteiger partial charge in [0.1, 0.15) is 11.4 Å². The Bertz CT molecular complexity index is 1420. The number of hydrogen-bond donors (Lipinski definition) is 4. The van der Waals surface area contributed by atoms with Crippen molar-refractivity contribution in [2.45, 2.75) is 13.0 Å². The number of fused-ring (bicyclic) bond motifs is 1. The Balaban J connectivity index is 1.51. The van der Waals surface area contributed by atoms with Crippen LogP contribution in [-0.2, 0) is 0 Å². The number of benzene rings is 2. The Hall–Kier alpha value is -4.17. The van der Waals surface area contributed by atoms with E-state index in [1.54, 1.807) is 24.8 Å². The zero-order chi connectivity index (χ0) is 22.1. The molecule has 0 aliphatic rings. The molecule has 2 aromatic carbocycles. The number of aromatic amines is 2. The zero-order valence-electron chi connectivity index (χ0n) is 17.4. The highest BCUT2D eigenvalue weighted by atomic mass is 16.3. The molecule has 0 saturated carbocycles. The molecule has 5 aromatic rings. The van der Waals surface area contributed by atoms with Crippen LogP contribution < -0.4 is 10.9 Å². The number of anilines is 1. The Morgan fingerprint density at radius 1 is 1.19 bits per heavy atom. The number of pyridine rings is 1. The Morgan fingerprint density at radius 2 is 2.03 bits per heavy atom. The van der Waals surface area contributed by atoms with Gasteiger partial charge >= 0.3 is 0 Å². The average molecular weight is 426 g/mol. The standard InChI is InChI=1S/C24H22N6O2/c1-15-11-17(30-10-9-25-14-30)12-19-22(15)29-23(28-19)21-18(7-8-26-24(21)32)27-13-20(31)16-5-3-2-4-6-16/h2-12,14,20,31H,13H2,1H3,(H,28,29)(H2,26,27,32)/t20-/m0/s1. The molecule has 3 heterocycles. The van der Waals surface area contributed by atoms with Gasteiger partial charge in [0.25, 0.3) is 5.56 Å². The lowest BCUT2D eigenvalue weighted by Crippen LogP contribution is -2.17. The van der Waals surface area contributed by atoms with E-state index in [9.17, 15) is 9.90 Å². The Labute approximate surface area is 183 Å². The van der Waals surface area contributed by atoms with Crippen molar-refractivity contribution in [1.82, 2.24) is 24.5 Å². The summed E-state index contributed by atoms with van der Waals surface area (Å²) >= 11 is 0. The molecule has 4 N–H and O–H groups in total. The maximum absolute atomic E-state index is 12.7. The molecule has 32 heavy (non-hydrogen) atoms. The number of aromatic nitrogens is 5. The molecule has 160 valence electrons. The Kier molecular flexibility index (Phi) is 5.04. The van der Waals surface area contributed by atoms with Crippen molar-refractivity contribution in [3.8, 4) is 17.1 Å². The summed E-state index contributed by atoms with van der Waals surface area (Å²) in [6, 6.07) is 15.2. The fourth-order valence-corrected chi connectivity index (χ4v) is 3.81. The van der Waals surface area contributed by atoms with Crippen LogP contribution in [-0.4, -0.2) is 36.2 Å². The molecule has 0 spiro atoms. The first kappa shape index (κ1) is 19.8. The van der Waals surface area contributed by atoms with Crippen molar-refractivity contribution < 1.29 is 5.11 Å². The third-order valence-electron chi connectivity index (χ3n) is 5.43. The molecule has 0 aliphatic heterocycles. The van der Waals surface area contributed by atoms with Crippen molar-refractivity contribution in [3.05, 3.63) is 94.9 Å². The van der Waals surface area contributed by atoms with E-state index < -0.39 is 6.10 Å². The van der Waals surface area contributed by atoms with Gasteiger partial charge < -0.3 is 25.0 Å². The number of aryl methyl sites for hydroxylation is 1. The van der Waals surface area contributed by atoms with Crippen molar-refractivity contribution in [1.29, 1.82) is 0 Å². The molecule has 1 atom stereocenters. The van der Waals surface area contributed by atoms with Gasteiger partial charge in [0, 0.05) is 30.8 Å². The minimum Gasteiger partial charge on any atom is -0.387 e. The number of nitrogens with one attached hydrogen (secondary N) is 3. The van der Waals surface area contributed by atoms with Crippen LogP contribution in [0.3, 0.4) is 0 Å². The maximum Gasteiger partial charge on any atom is 0.261 e. The molecular weight excluding hydrogens is 404 g/mol. The van der Waals surface area contributed by atoms with Gasteiger partial charge in [0.2, 0.25) is 0 Å². The van der Waals surface area contributed by atoms with Gasteiger partial charge in [-0.3, -0.25) is 4.79 Å². The predicted octanol–water partition coefficient (Wildman–Crippen LogP) is 3.56. The molecule has 0 aliphatic carbocycles. The van der Waals surface area contributed by atoms with Gasteiger partial charge in [-0.05, 0) is 36.2 Å². The number of H-pyrrole nitrogens is 2. The van der Waals surface area contributed by atoms with Crippen molar-refractivity contribution in [2.24, 2.45) is 0 Å². The van der Waals surface area contributed by atoms with Crippen LogP contribution in [0.1, 0.15) is 17.2 Å². The first-order valence-corrected chi connectivity index (χ1v) is 10.3. The van der Waals surface area contributed by atoms with Gasteiger partial charge in [-0.15, -0.1) is 0 Å². The lowest BCUT2D eigenvalue weighted by molar-refractivity contribution is 0.191. The van der Waals surface area contributed by atoms with E-state index in [2.05, 4.69) is 20.3 Å². The molecular formula is C24H22N6O2. The third-order valence-corrected chi connectivity index (χ3v) is 5.43. The summed E-state index contributed by atoms with van der Waals surface area (Å²) in [5, 5.41) is 13.7. The fourth-order valence-electron chi connectivity index (χ4n) is 3.81. The third kappa shape index (κ3) is 3.67. The van der Waals surface area contributed by atoms with Crippen molar-refractivity contribution >= 4 is 16.7 Å². The summed E-state index contributed by atoms with van der Waals surface area (Å²) in [5.41, 5.74) is 5.07. The minimum absolute atomic E-state index is 0.254. The summed E-state index contributed by atoms with van der Waals surface area (Å²) in [4.78, 5) is 27.6. The number of aliphatic hydroxyl groups excluding tert-OH is 1. The molecule has 3 aromatic heterocycles. The lowest BCUT2D eigenvalue weighted by Gasteiger charge is -2.14. The van der Waals surface area contributed by atoms with Crippen LogP contribution >= 0.6 is 0 Å². The van der Waals surface area contributed by atoms with Crippen molar-refractivity contribution in [3.63, 3.8) is 0 Å². The molecule has 0 amide bonds. The van der Waals surface area contributed by atoms with Crippen molar-refractivity contribution in [2.75, 3.05) is 11.9 Å². The monoisotopic (exact) mass is 426 g/mol. The van der Waals surface area contributed by atoms with E-state index in [1.165, 1.54) is 0 Å². The Morgan fingerprint density at radius 3 is 2.81 bits per heavy atom. The second kappa shape index (κ2) is 8.16. The summed E-state index contributed by atoms with van der Waals surface area (Å²) in [5.74, 6) is 0.462. The van der Waals surface area contributed by atoms with Crippen LogP contribution in [0.15, 0.2) is 78.2 Å². The molecule has 0 radical (unpaired) electrons. The number of aliphatic hydroxyl groups is 1. The first-order chi connectivity index (χ1) is 15.6. The number of imidazole rings is 2. The molecule has 0 bridgehead atoms. The molecule has 8 nitrogen and oxygen atoms in total. The van der Waals surface area contributed by atoms with Gasteiger partial charge in [0.05, 0.1) is 29.2 Å². The van der Waals surface area contributed by atoms with E-state index in [4.69, 9.17) is 4.98 Å². The van der Waals surface area contributed by atoms with Crippen LogP contribution in [0.5, 0.6) is 0 Å². The highest BCUT2D eigenvalue weighted by Gasteiger charge is 2.17. The quantitative estimate of drug-likeness (QED) is 0.332. The number of nitrogens with zero attached hydrogens (tertiary/aromatic N) is 3. The normalized spacial score (nSPS) is 12.2. The SMILES string of the molecule is Cc1cc(-n2ccnc2)cc2[nH]c(-c3c(NC[C@H](O)c4ccccc4)cc[nH]c3=O)nc12. The van der Waals surface area contributed by atoms with E-state index in [0.29, 0.717) is 17.1 Å². The van der Waals surface area contributed by atoms with Gasteiger partial charge in [0.15, 0.2) is 0 Å². The summed E-state index contributed by atoms with van der Waals surface area (Å²) in [6.45, 7) is 2.24. The molecule has 8 heteroatoms. The first-order valence-electron chi connectivity index (χ1n) is 10.3. The predicted molar refractivity (Wildman–Crippen MR) is 124 cm³/mol. The highest BCUT2D eigenvalue weighted by Crippen LogP contribution is 2.28. The van der Waals surface area contributed by atoms with E-state index in [1.807, 2.05) is 60.2 Å². The van der Waals surface area contributed by atoms with Crippen LogP contribution in [0.4, 0.5) is 5.69 Å². The smallest absolute Gasteiger partial charge is 0.261 e. The minimum atomic E-state index is -0.709. The van der Waals surface area contributed by atoms with Gasteiger partial charge in [-0.2, -0.15) is 0 Å². The largest absolute Gasteiger partial charge is 0.387 e. The van der Waals surface area contributed by atoms with E-state index in [0.717, 1.165) is 27.8 Å². The number of hydrogen-bond acceptors (Lipinski definition) is 5. The molecule has 5 rings (SSSR count). The topological polar surface area (TPSA) is 112 Å². The summed E-state index contributed by atoms with van der Waals surface area (Å²) in [7, 11) is 0. The second-order valence-corrected chi connectivity index (χ2v) is 7.62. The summed E-state index contributed by atoms with van der Waals surface area (Å²) in [6.07, 6.45) is 6.20. The zero-order valence-corrected chi connectivity index (χ0v) is 17.4. The lowest BCUT2D eigenvalue weighted by atomic mass is 10.1. The highest BCUT2D eigenvalue weighted by molar-refractivity contribution is 5.86. The van der Waals surface area contributed by atoms with Crippen LogP contribution in [0, 0.1) is 6.92 Å². The molecule has 0 fully saturated rings.